The highest BCUT2D eigenvalue weighted by atomic mass is 16.3. The Morgan fingerprint density at radius 1 is 1.60 bits per heavy atom. The average Bonchev–Trinajstić information content (AvgIpc) is 2.35. The lowest BCUT2D eigenvalue weighted by Crippen LogP contribution is -1.97. The first-order valence-corrected chi connectivity index (χ1v) is 2.78. The third-order valence-corrected chi connectivity index (χ3v) is 1.32. The highest BCUT2D eigenvalue weighted by Gasteiger charge is 1.99. The molecule has 10 heavy (non-hydrogen) atoms. The summed E-state index contributed by atoms with van der Waals surface area (Å²) >= 11 is 0. The van der Waals surface area contributed by atoms with Crippen LogP contribution in [0.4, 0.5) is 0 Å². The van der Waals surface area contributed by atoms with E-state index >= 15 is 0 Å². The van der Waals surface area contributed by atoms with Crippen molar-refractivity contribution in [2.45, 2.75) is 0 Å². The van der Waals surface area contributed by atoms with Gasteiger partial charge in [0.1, 0.15) is 11.7 Å². The van der Waals surface area contributed by atoms with E-state index in [1.54, 1.807) is 10.7 Å². The van der Waals surface area contributed by atoms with Gasteiger partial charge in [0.2, 0.25) is 5.88 Å². The van der Waals surface area contributed by atoms with Crippen molar-refractivity contribution < 1.29 is 5.11 Å². The number of imidazole rings is 2. The molecule has 0 unspecified atom stereocenters. The van der Waals surface area contributed by atoms with Crippen molar-refractivity contribution >= 4 is 12.2 Å². The van der Waals surface area contributed by atoms with Crippen LogP contribution >= 0.6 is 0 Å². The van der Waals surface area contributed by atoms with Gasteiger partial charge in [-0.15, -0.1) is 0 Å². The average molecular weight is 135 g/mol. The molecule has 2 rings (SSSR count). The maximum atomic E-state index is 8.88. The van der Waals surface area contributed by atoms with Crippen molar-refractivity contribution in [2.75, 3.05) is 0 Å². The summed E-state index contributed by atoms with van der Waals surface area (Å²) in [5.41, 5.74) is 0.609. The fraction of sp³-hybridized carbons (Fsp3) is 0. The second-order valence-electron chi connectivity index (χ2n) is 2.02. The number of hydrogen-bond donors (Lipinski definition) is 1. The summed E-state index contributed by atoms with van der Waals surface area (Å²) < 4.78 is 1.62. The molecule has 0 amide bonds. The first kappa shape index (κ1) is 5.22. The lowest BCUT2D eigenvalue weighted by atomic mass is 10.7. The summed E-state index contributed by atoms with van der Waals surface area (Å²) in [6.45, 7) is 3.62. The zero-order valence-electron chi connectivity index (χ0n) is 5.15. The molecular formula is C6H5N3O. The monoisotopic (exact) mass is 135 g/mol. The molecule has 0 aliphatic rings. The van der Waals surface area contributed by atoms with Crippen LogP contribution in [0.25, 0.3) is 12.2 Å². The van der Waals surface area contributed by atoms with Crippen LogP contribution in [0, 0.1) is 0 Å². The summed E-state index contributed by atoms with van der Waals surface area (Å²) in [7, 11) is 0. The Hall–Kier alpha value is -1.58. The van der Waals surface area contributed by atoms with Gasteiger partial charge in [-0.3, -0.25) is 4.40 Å². The van der Waals surface area contributed by atoms with Gasteiger partial charge >= 0.3 is 0 Å². The van der Waals surface area contributed by atoms with Crippen LogP contribution in [-0.2, 0) is 0 Å². The van der Waals surface area contributed by atoms with E-state index in [0.717, 1.165) is 0 Å². The quantitative estimate of drug-likeness (QED) is 0.533. The first-order valence-electron chi connectivity index (χ1n) is 2.78. The molecule has 0 aliphatic heterocycles. The van der Waals surface area contributed by atoms with Gasteiger partial charge in [-0.25, -0.2) is 4.98 Å². The molecule has 4 heteroatoms. The third kappa shape index (κ3) is 0.500. The Morgan fingerprint density at radius 3 is 3.10 bits per heavy atom. The van der Waals surface area contributed by atoms with Crippen LogP contribution in [0.1, 0.15) is 0 Å². The van der Waals surface area contributed by atoms with Gasteiger partial charge in [0, 0.05) is 0 Å². The zero-order valence-corrected chi connectivity index (χ0v) is 5.15. The summed E-state index contributed by atoms with van der Waals surface area (Å²) in [5, 5.41) is 9.47. The van der Waals surface area contributed by atoms with Gasteiger partial charge in [0.15, 0.2) is 5.65 Å². The van der Waals surface area contributed by atoms with Gasteiger partial charge in [-0.2, -0.15) is 4.98 Å². The van der Waals surface area contributed by atoms with Gasteiger partial charge in [0.25, 0.3) is 0 Å². The molecular weight excluding hydrogens is 130 g/mol. The lowest BCUT2D eigenvalue weighted by Gasteiger charge is -1.71. The first-order chi connectivity index (χ1) is 4.77. The second-order valence-corrected chi connectivity index (χ2v) is 2.02. The van der Waals surface area contributed by atoms with Crippen molar-refractivity contribution in [3.63, 3.8) is 0 Å². The molecule has 50 valence electrons. The van der Waals surface area contributed by atoms with Crippen molar-refractivity contribution in [3.8, 4) is 5.88 Å². The van der Waals surface area contributed by atoms with E-state index in [2.05, 4.69) is 16.5 Å². The summed E-state index contributed by atoms with van der Waals surface area (Å²) in [5.74, 6) is 0.00213. The van der Waals surface area contributed by atoms with Crippen LogP contribution in [-0.4, -0.2) is 19.5 Å². The fourth-order valence-electron chi connectivity index (χ4n) is 0.872. The smallest absolute Gasteiger partial charge is 0.230 e. The number of aromatic hydroxyl groups is 1. The molecule has 2 aromatic heterocycles. The minimum Gasteiger partial charge on any atom is -0.492 e. The molecule has 0 saturated carbocycles. The van der Waals surface area contributed by atoms with Crippen LogP contribution in [0.2, 0.25) is 0 Å². The SMILES string of the molecule is C=c1ncn2cc(O)nc12. The van der Waals surface area contributed by atoms with Crippen molar-refractivity contribution in [3.05, 3.63) is 17.9 Å². The lowest BCUT2D eigenvalue weighted by molar-refractivity contribution is 0.457. The summed E-state index contributed by atoms with van der Waals surface area (Å²) in [4.78, 5) is 7.64. The zero-order chi connectivity index (χ0) is 7.14. The molecule has 0 spiro atoms. The van der Waals surface area contributed by atoms with Gasteiger partial charge < -0.3 is 5.11 Å². The van der Waals surface area contributed by atoms with Crippen molar-refractivity contribution in [1.82, 2.24) is 14.4 Å². The number of hydrogen-bond acceptors (Lipinski definition) is 3. The van der Waals surface area contributed by atoms with Gasteiger partial charge in [-0.05, 0) is 0 Å². The summed E-state index contributed by atoms with van der Waals surface area (Å²) in [6, 6.07) is 0. The topological polar surface area (TPSA) is 50.4 Å². The molecule has 2 aromatic rings. The Bertz CT molecular complexity index is 406. The van der Waals surface area contributed by atoms with E-state index in [0.29, 0.717) is 11.0 Å². The number of nitrogens with zero attached hydrogens (tertiary/aromatic N) is 3. The second kappa shape index (κ2) is 1.47. The molecule has 2 heterocycles. The maximum Gasteiger partial charge on any atom is 0.230 e. The molecule has 0 fully saturated rings. The third-order valence-electron chi connectivity index (χ3n) is 1.32. The standard InChI is InChI=1S/C6H5N3O/c1-4-6-8-5(10)2-9(6)3-7-4/h2-3,10H,1H2. The predicted molar refractivity (Wildman–Crippen MR) is 35.4 cm³/mol. The predicted octanol–water partition coefficient (Wildman–Crippen LogP) is -0.436. The minimum atomic E-state index is 0.00213. The molecule has 0 atom stereocenters. The number of rotatable bonds is 0. The molecule has 0 aliphatic carbocycles. The van der Waals surface area contributed by atoms with E-state index in [1.807, 2.05) is 0 Å². The molecule has 1 N–H and O–H groups in total. The van der Waals surface area contributed by atoms with Crippen LogP contribution in [0.15, 0.2) is 12.5 Å². The highest BCUT2D eigenvalue weighted by molar-refractivity contribution is 5.41. The Kier molecular flexibility index (Phi) is 0.768. The minimum absolute atomic E-state index is 0.00213. The van der Waals surface area contributed by atoms with Crippen LogP contribution in [0.5, 0.6) is 5.88 Å². The number of aromatic nitrogens is 3. The van der Waals surface area contributed by atoms with Crippen molar-refractivity contribution in [1.29, 1.82) is 0 Å². The summed E-state index contributed by atoms with van der Waals surface area (Å²) in [6.07, 6.45) is 3.04. The van der Waals surface area contributed by atoms with Crippen molar-refractivity contribution in [2.24, 2.45) is 0 Å². The van der Waals surface area contributed by atoms with E-state index in [1.165, 1.54) is 6.20 Å². The Balaban J connectivity index is 3.03. The van der Waals surface area contributed by atoms with E-state index in [-0.39, 0.29) is 5.88 Å². The molecule has 4 nitrogen and oxygen atoms in total. The van der Waals surface area contributed by atoms with Crippen LogP contribution < -0.4 is 5.35 Å². The number of fused-ring (bicyclic) bond motifs is 1. The molecule has 0 bridgehead atoms. The Labute approximate surface area is 56.4 Å². The Morgan fingerprint density at radius 2 is 2.40 bits per heavy atom. The molecule has 0 aromatic carbocycles. The maximum absolute atomic E-state index is 8.88. The van der Waals surface area contributed by atoms with Gasteiger partial charge in [0.05, 0.1) is 6.20 Å². The fourth-order valence-corrected chi connectivity index (χ4v) is 0.872. The molecule has 0 radical (unpaired) electrons. The van der Waals surface area contributed by atoms with E-state index < -0.39 is 0 Å². The van der Waals surface area contributed by atoms with Gasteiger partial charge in [-0.1, -0.05) is 6.58 Å². The van der Waals surface area contributed by atoms with E-state index in [4.69, 9.17) is 5.11 Å². The normalized spacial score (nSPS) is 10.8. The largest absolute Gasteiger partial charge is 0.492 e. The van der Waals surface area contributed by atoms with E-state index in [9.17, 15) is 0 Å². The highest BCUT2D eigenvalue weighted by Crippen LogP contribution is 2.04. The van der Waals surface area contributed by atoms with Crippen LogP contribution in [0.3, 0.4) is 0 Å². The molecule has 0 saturated heterocycles.